The third-order valence-electron chi connectivity index (χ3n) is 5.94. The molecule has 0 bridgehead atoms. The lowest BCUT2D eigenvalue weighted by Crippen LogP contribution is -2.40. The van der Waals surface area contributed by atoms with E-state index in [1.165, 1.54) is 6.21 Å². The number of nitrogens with one attached hydrogen (secondary N) is 3. The lowest BCUT2D eigenvalue weighted by Gasteiger charge is -2.27. The van der Waals surface area contributed by atoms with Gasteiger partial charge in [-0.2, -0.15) is 5.10 Å². The van der Waals surface area contributed by atoms with Gasteiger partial charge in [0.05, 0.1) is 28.4 Å². The minimum atomic E-state index is -0.149. The Morgan fingerprint density at radius 1 is 1.21 bits per heavy atom. The summed E-state index contributed by atoms with van der Waals surface area (Å²) >= 11 is 0. The number of aryl methyl sites for hydroxylation is 1. The number of nitrogens with zero attached hydrogens (tertiary/aromatic N) is 4. The van der Waals surface area contributed by atoms with Gasteiger partial charge in [-0.25, -0.2) is 4.98 Å². The molecule has 1 aliphatic heterocycles. The van der Waals surface area contributed by atoms with E-state index in [0.717, 1.165) is 18.2 Å². The number of aromatic nitrogens is 2. The van der Waals surface area contributed by atoms with Crippen LogP contribution in [0.4, 0.5) is 11.6 Å². The first-order valence-corrected chi connectivity index (χ1v) is 10.9. The zero-order valence-corrected chi connectivity index (χ0v) is 18.7. The van der Waals surface area contributed by atoms with Crippen LogP contribution in [0.3, 0.4) is 0 Å². The van der Waals surface area contributed by atoms with Gasteiger partial charge < -0.3 is 15.2 Å². The fourth-order valence-electron chi connectivity index (χ4n) is 4.14. The van der Waals surface area contributed by atoms with E-state index >= 15 is 0 Å². The van der Waals surface area contributed by atoms with E-state index in [1.54, 1.807) is 12.1 Å². The van der Waals surface area contributed by atoms with Crippen LogP contribution in [0, 0.1) is 12.3 Å². The average Bonchev–Trinajstić information content (AvgIpc) is 3.00. The predicted molar refractivity (Wildman–Crippen MR) is 132 cm³/mol. The van der Waals surface area contributed by atoms with E-state index in [2.05, 4.69) is 15.5 Å². The normalized spacial score (nSPS) is 16.7. The lowest BCUT2D eigenvalue weighted by molar-refractivity contribution is 0.0706. The maximum atomic E-state index is 13.4. The van der Waals surface area contributed by atoms with Crippen molar-refractivity contribution in [3.05, 3.63) is 63.9 Å². The van der Waals surface area contributed by atoms with Crippen molar-refractivity contribution in [3.8, 4) is 0 Å². The van der Waals surface area contributed by atoms with E-state index in [-0.39, 0.29) is 17.5 Å². The van der Waals surface area contributed by atoms with Crippen LogP contribution >= 0.6 is 0 Å². The molecule has 0 spiro atoms. The smallest absolute Gasteiger partial charge is 0.260 e. The first-order chi connectivity index (χ1) is 16.0. The van der Waals surface area contributed by atoms with Gasteiger partial charge in [-0.1, -0.05) is 24.3 Å². The molecule has 1 fully saturated rings. The first kappa shape index (κ1) is 22.2. The first-order valence-electron chi connectivity index (χ1n) is 10.9. The molecule has 1 aromatic heterocycles. The lowest BCUT2D eigenvalue weighted by atomic mass is 10.1. The van der Waals surface area contributed by atoms with Crippen molar-refractivity contribution in [1.82, 2.24) is 14.9 Å². The fourth-order valence-corrected chi connectivity index (χ4v) is 4.14. The Labute approximate surface area is 191 Å². The van der Waals surface area contributed by atoms with Gasteiger partial charge in [0.1, 0.15) is 0 Å². The molecule has 9 heteroatoms. The molecule has 3 N–H and O–H groups in total. The maximum Gasteiger partial charge on any atom is 0.260 e. The van der Waals surface area contributed by atoms with Crippen molar-refractivity contribution in [1.29, 1.82) is 5.41 Å². The van der Waals surface area contributed by atoms with Crippen LogP contribution in [0.15, 0.2) is 52.4 Å². The predicted octanol–water partition coefficient (Wildman–Crippen LogP) is 3.02. The monoisotopic (exact) mass is 445 g/mol. The summed E-state index contributed by atoms with van der Waals surface area (Å²) in [6.07, 6.45) is 3.12. The van der Waals surface area contributed by atoms with E-state index in [4.69, 9.17) is 10.4 Å². The van der Waals surface area contributed by atoms with Crippen LogP contribution in [0.5, 0.6) is 0 Å². The molecule has 2 heterocycles. The number of benzene rings is 2. The molecule has 3 aromatic rings. The number of H-pyrrole nitrogens is 1. The second-order valence-corrected chi connectivity index (χ2v) is 8.08. The molecule has 4 rings (SSSR count). The molecule has 33 heavy (non-hydrogen) atoms. The number of carbonyl (C=O) groups is 1. The molecule has 1 unspecified atom stereocenters. The molecule has 1 saturated heterocycles. The van der Waals surface area contributed by atoms with Gasteiger partial charge in [0.15, 0.2) is 0 Å². The third-order valence-corrected chi connectivity index (χ3v) is 5.94. The topological polar surface area (TPSA) is 118 Å². The molecule has 9 nitrogen and oxygen atoms in total. The van der Waals surface area contributed by atoms with Crippen LogP contribution in [-0.4, -0.2) is 58.9 Å². The van der Waals surface area contributed by atoms with E-state index in [9.17, 15) is 9.59 Å². The highest BCUT2D eigenvalue weighted by Gasteiger charge is 2.28. The third kappa shape index (κ3) is 4.62. The zero-order chi connectivity index (χ0) is 23.4. The number of carbonyl (C=O) groups excluding carboxylic acids is 1. The summed E-state index contributed by atoms with van der Waals surface area (Å²) in [5.41, 5.74) is 5.36. The highest BCUT2D eigenvalue weighted by atomic mass is 16.2. The number of amides is 1. The van der Waals surface area contributed by atoms with Gasteiger partial charge in [-0.15, -0.1) is 0 Å². The molecule has 2 aromatic carbocycles. The zero-order valence-electron chi connectivity index (χ0n) is 18.7. The number of hydrogen-bond donors (Lipinski definition) is 3. The van der Waals surface area contributed by atoms with E-state index in [1.807, 2.05) is 54.0 Å². The summed E-state index contributed by atoms with van der Waals surface area (Å²) < 4.78 is 0. The van der Waals surface area contributed by atoms with Gasteiger partial charge >= 0.3 is 0 Å². The number of hydrogen-bond acceptors (Lipinski definition) is 7. The summed E-state index contributed by atoms with van der Waals surface area (Å²) in [6.45, 7) is 5.66. The molecule has 1 amide bonds. The summed E-state index contributed by atoms with van der Waals surface area (Å²) in [6, 6.07) is 12.9. The number of para-hydroxylation sites is 1. The quantitative estimate of drug-likeness (QED) is 0.412. The van der Waals surface area contributed by atoms with Crippen molar-refractivity contribution in [2.24, 2.45) is 5.10 Å². The number of rotatable bonds is 5. The summed E-state index contributed by atoms with van der Waals surface area (Å²) in [5, 5.41) is 11.6. The van der Waals surface area contributed by atoms with Crippen molar-refractivity contribution < 1.29 is 4.79 Å². The van der Waals surface area contributed by atoms with Crippen LogP contribution in [0.2, 0.25) is 0 Å². The van der Waals surface area contributed by atoms with Crippen LogP contribution in [0.25, 0.3) is 10.9 Å². The molecule has 0 aliphatic carbocycles. The van der Waals surface area contributed by atoms with E-state index < -0.39 is 0 Å². The average molecular weight is 446 g/mol. The molecule has 1 aliphatic rings. The van der Waals surface area contributed by atoms with Gasteiger partial charge in [-0.05, 0) is 44.0 Å². The van der Waals surface area contributed by atoms with Gasteiger partial charge in [0, 0.05) is 31.9 Å². The number of aromatic amines is 1. The standard InChI is InChI=1S/C24H27N7O2/c1-16-6-5-9-20-21(16)22(32)28-24(27-20)30-13-10-17(2)31(15-14-30)23(33)18-7-3-4-8-19(18)29-26-12-11-25/h3-9,11-12,17,25,29H,10,13-15H2,1-2H3,(H,27,28,32)/b25-11?,26-12-. The van der Waals surface area contributed by atoms with Crippen molar-refractivity contribution in [3.63, 3.8) is 0 Å². The van der Waals surface area contributed by atoms with E-state index in [0.29, 0.717) is 47.7 Å². The Morgan fingerprint density at radius 2 is 2.03 bits per heavy atom. The SMILES string of the molecule is Cc1cccc2nc(N3CCC(C)N(C(=O)c4ccccc4N/N=C\C=N)CC3)[nH]c(=O)c12. The Balaban J connectivity index is 1.57. The van der Waals surface area contributed by atoms with Gasteiger partial charge in [0.25, 0.3) is 11.5 Å². The van der Waals surface area contributed by atoms with Crippen LogP contribution in [-0.2, 0) is 0 Å². The summed E-state index contributed by atoms with van der Waals surface area (Å²) in [7, 11) is 0. The second kappa shape index (κ2) is 9.64. The minimum absolute atomic E-state index is 0.00931. The Hall–Kier alpha value is -4.01. The Kier molecular flexibility index (Phi) is 6.48. The second-order valence-electron chi connectivity index (χ2n) is 8.08. The number of hydrazone groups is 1. The molecular weight excluding hydrogens is 418 g/mol. The minimum Gasteiger partial charge on any atom is -0.340 e. The van der Waals surface area contributed by atoms with Crippen molar-refractivity contribution >= 4 is 40.9 Å². The highest BCUT2D eigenvalue weighted by Crippen LogP contribution is 2.22. The molecule has 170 valence electrons. The summed E-state index contributed by atoms with van der Waals surface area (Å²) in [5.74, 6) is 0.440. The maximum absolute atomic E-state index is 13.4. The number of anilines is 2. The molecular formula is C24H27N7O2. The van der Waals surface area contributed by atoms with Gasteiger partial charge in [0.2, 0.25) is 5.95 Å². The van der Waals surface area contributed by atoms with Crippen molar-refractivity contribution in [2.75, 3.05) is 30.0 Å². The molecule has 1 atom stereocenters. The Bertz CT molecular complexity index is 1270. The summed E-state index contributed by atoms with van der Waals surface area (Å²) in [4.78, 5) is 37.6. The number of fused-ring (bicyclic) bond motifs is 1. The fraction of sp³-hybridized carbons (Fsp3) is 0.292. The molecule has 0 saturated carbocycles. The van der Waals surface area contributed by atoms with Crippen molar-refractivity contribution in [2.45, 2.75) is 26.3 Å². The van der Waals surface area contributed by atoms with Crippen LogP contribution < -0.4 is 15.9 Å². The van der Waals surface area contributed by atoms with Gasteiger partial charge in [-0.3, -0.25) is 20.0 Å². The van der Waals surface area contributed by atoms with Crippen LogP contribution in [0.1, 0.15) is 29.3 Å². The molecule has 0 radical (unpaired) electrons. The Morgan fingerprint density at radius 3 is 2.85 bits per heavy atom. The highest BCUT2D eigenvalue weighted by molar-refractivity contribution is 6.14. The largest absolute Gasteiger partial charge is 0.340 e.